The molecule has 4 bridgehead atoms. The van der Waals surface area contributed by atoms with Gasteiger partial charge < -0.3 is 25.2 Å². The number of aromatic nitrogens is 2. The number of rotatable bonds is 2. The van der Waals surface area contributed by atoms with E-state index in [0.717, 1.165) is 78.6 Å². The Hall–Kier alpha value is -2.87. The van der Waals surface area contributed by atoms with Crippen molar-refractivity contribution >= 4 is 35.1 Å². The second-order valence-electron chi connectivity index (χ2n) is 9.71. The van der Waals surface area contributed by atoms with E-state index in [1.807, 2.05) is 18.2 Å². The minimum absolute atomic E-state index is 0.0646. The molecule has 7 nitrogen and oxygen atoms in total. The molecule has 180 valence electrons. The van der Waals surface area contributed by atoms with Gasteiger partial charge in [0.05, 0.1) is 5.82 Å². The van der Waals surface area contributed by atoms with Crippen LogP contribution < -0.4 is 25.2 Å². The molecule has 2 aromatic rings. The Kier molecular flexibility index (Phi) is 6.34. The van der Waals surface area contributed by atoms with Crippen LogP contribution in [0.4, 0.5) is 17.5 Å². The fourth-order valence-electron chi connectivity index (χ4n) is 5.32. The smallest absolute Gasteiger partial charge is 0.140 e. The number of pyridine rings is 2. The fourth-order valence-corrected chi connectivity index (χ4v) is 5.95. The van der Waals surface area contributed by atoms with E-state index < -0.39 is 0 Å². The maximum Gasteiger partial charge on any atom is 0.140 e. The molecule has 0 saturated carbocycles. The molecule has 0 radical (unpaired) electrons. The molecule has 8 heteroatoms. The van der Waals surface area contributed by atoms with Crippen LogP contribution in [0, 0.1) is 5.92 Å². The molecule has 2 fully saturated rings. The van der Waals surface area contributed by atoms with Crippen molar-refractivity contribution in [2.45, 2.75) is 50.1 Å². The molecule has 3 N–H and O–H groups in total. The Morgan fingerprint density at radius 1 is 1.15 bits per heavy atom. The van der Waals surface area contributed by atoms with Gasteiger partial charge in [-0.05, 0) is 62.8 Å². The second kappa shape index (κ2) is 9.41. The van der Waals surface area contributed by atoms with Crippen LogP contribution >= 0.6 is 11.9 Å². The monoisotopic (exact) mass is 477 g/mol. The van der Waals surface area contributed by atoms with Crippen molar-refractivity contribution in [1.82, 2.24) is 20.0 Å². The number of hydrogen-bond acceptors (Lipinski definition) is 8. The van der Waals surface area contributed by atoms with Gasteiger partial charge in [0.25, 0.3) is 0 Å². The minimum atomic E-state index is 0.0646. The summed E-state index contributed by atoms with van der Waals surface area (Å²) >= 11 is 1.49. The zero-order chi connectivity index (χ0) is 23.7. The molecule has 2 saturated heterocycles. The van der Waals surface area contributed by atoms with Crippen LogP contribution in [0.3, 0.4) is 0 Å². The second-order valence-corrected chi connectivity index (χ2v) is 10.5. The number of nitrogens with one attached hydrogen (secondary N) is 3. The Morgan fingerprint density at radius 3 is 2.82 bits per heavy atom. The summed E-state index contributed by atoms with van der Waals surface area (Å²) < 4.78 is 3.44. The van der Waals surface area contributed by atoms with Crippen LogP contribution in [-0.2, 0) is 0 Å². The Bertz CT molecular complexity index is 1090. The minimum Gasteiger partial charge on any atom is -0.370 e. The summed E-state index contributed by atoms with van der Waals surface area (Å²) in [4.78, 5) is 14.7. The van der Waals surface area contributed by atoms with Crippen LogP contribution in [0.15, 0.2) is 54.3 Å². The summed E-state index contributed by atoms with van der Waals surface area (Å²) in [6.45, 7) is 17.0. The van der Waals surface area contributed by atoms with Crippen LogP contribution in [0.1, 0.15) is 45.1 Å². The van der Waals surface area contributed by atoms with E-state index in [2.05, 4.69) is 64.3 Å². The Balaban J connectivity index is 1.55. The lowest BCUT2D eigenvalue weighted by atomic mass is 9.89. The van der Waals surface area contributed by atoms with Crippen LogP contribution in [0.5, 0.6) is 0 Å². The van der Waals surface area contributed by atoms with Crippen molar-refractivity contribution < 1.29 is 0 Å². The lowest BCUT2D eigenvalue weighted by Gasteiger charge is -2.37. The highest BCUT2D eigenvalue weighted by Gasteiger charge is 2.42. The van der Waals surface area contributed by atoms with E-state index in [0.29, 0.717) is 5.92 Å². The summed E-state index contributed by atoms with van der Waals surface area (Å²) in [6.07, 6.45) is 4.57. The largest absolute Gasteiger partial charge is 0.370 e. The number of fused-ring (bicyclic) bond motifs is 6. The Labute approximate surface area is 207 Å². The van der Waals surface area contributed by atoms with Crippen molar-refractivity contribution in [3.8, 4) is 0 Å². The van der Waals surface area contributed by atoms with E-state index in [-0.39, 0.29) is 5.54 Å². The zero-order valence-electron chi connectivity index (χ0n) is 20.2. The van der Waals surface area contributed by atoms with Crippen molar-refractivity contribution in [1.29, 1.82) is 0 Å². The third-order valence-electron chi connectivity index (χ3n) is 7.39. The highest BCUT2D eigenvalue weighted by atomic mass is 32.2. The quantitative estimate of drug-likeness (QED) is 0.532. The van der Waals surface area contributed by atoms with Gasteiger partial charge in [0.1, 0.15) is 22.5 Å². The molecule has 3 aliphatic heterocycles. The molecule has 2 aromatic heterocycles. The van der Waals surface area contributed by atoms with Crippen molar-refractivity contribution in [3.05, 3.63) is 54.9 Å². The number of nitrogens with zero attached hydrogens (tertiary/aromatic N) is 4. The van der Waals surface area contributed by atoms with Crippen molar-refractivity contribution in [2.75, 3.05) is 41.3 Å². The molecule has 5 rings (SSSR count). The van der Waals surface area contributed by atoms with Gasteiger partial charge in [-0.2, -0.15) is 0 Å². The van der Waals surface area contributed by atoms with Gasteiger partial charge in [-0.25, -0.2) is 9.97 Å². The summed E-state index contributed by atoms with van der Waals surface area (Å²) in [7, 11) is 0. The van der Waals surface area contributed by atoms with Crippen LogP contribution in [0.25, 0.3) is 5.70 Å². The average Bonchev–Trinajstić information content (AvgIpc) is 3.43. The third kappa shape index (κ3) is 4.43. The third-order valence-corrected chi connectivity index (χ3v) is 8.17. The van der Waals surface area contributed by atoms with Crippen molar-refractivity contribution in [3.63, 3.8) is 0 Å². The van der Waals surface area contributed by atoms with E-state index in [1.165, 1.54) is 24.8 Å². The first-order valence-corrected chi connectivity index (χ1v) is 13.1. The molecule has 2 atom stereocenters. The summed E-state index contributed by atoms with van der Waals surface area (Å²) in [5.41, 5.74) is 1.95. The van der Waals surface area contributed by atoms with E-state index in [9.17, 15) is 0 Å². The molecule has 1 unspecified atom stereocenters. The topological polar surface area (TPSA) is 68.4 Å². The molecular weight excluding hydrogens is 442 g/mol. The first kappa shape index (κ1) is 22.9. The molecule has 5 heterocycles. The molecule has 0 amide bonds. The highest BCUT2D eigenvalue weighted by Crippen LogP contribution is 2.43. The fraction of sp³-hybridized carbons (Fsp3) is 0.462. The molecule has 0 aromatic carbocycles. The molecule has 0 aliphatic carbocycles. The molecule has 3 aliphatic rings. The number of hydrogen-bond donors (Lipinski definition) is 3. The van der Waals surface area contributed by atoms with Crippen LogP contribution in [-0.4, -0.2) is 41.7 Å². The Morgan fingerprint density at radius 2 is 2.03 bits per heavy atom. The normalized spacial score (nSPS) is 25.1. The molecule has 0 spiro atoms. The van der Waals surface area contributed by atoms with Crippen LogP contribution in [0.2, 0.25) is 0 Å². The highest BCUT2D eigenvalue weighted by molar-refractivity contribution is 7.97. The first-order valence-electron chi connectivity index (χ1n) is 12.3. The summed E-state index contributed by atoms with van der Waals surface area (Å²) in [5.74, 6) is 4.41. The maximum absolute atomic E-state index is 5.24. The molecular formula is C26H35N7S. The summed E-state index contributed by atoms with van der Waals surface area (Å²) in [5, 5.41) is 7.73. The van der Waals surface area contributed by atoms with Gasteiger partial charge in [0, 0.05) is 54.9 Å². The van der Waals surface area contributed by atoms with E-state index >= 15 is 0 Å². The van der Waals surface area contributed by atoms with Gasteiger partial charge in [0.15, 0.2) is 0 Å². The van der Waals surface area contributed by atoms with Gasteiger partial charge in [-0.3, -0.25) is 0 Å². The lowest BCUT2D eigenvalue weighted by molar-refractivity contribution is 0.408. The standard InChI is InChI=1S/C26H35N7S/c1-5-26(4)16-20-8-7-13-28-22-9-6-10-24(29-22)34-31-18(2)21-11-12-23(30-25(21)33(26)17-20)32-15-14-27-19(32)3/h6,9-12,20,27,31H,2-3,5,7-8,13-17H2,1,4H3,(H,28,29)/t20-,26?/m0/s1. The maximum atomic E-state index is 5.24. The van der Waals surface area contributed by atoms with Gasteiger partial charge in [-0.15, -0.1) is 0 Å². The van der Waals surface area contributed by atoms with Gasteiger partial charge in [0.2, 0.25) is 0 Å². The van der Waals surface area contributed by atoms with Gasteiger partial charge in [-0.1, -0.05) is 26.1 Å². The summed E-state index contributed by atoms with van der Waals surface area (Å²) in [6, 6.07) is 10.3. The van der Waals surface area contributed by atoms with Gasteiger partial charge >= 0.3 is 0 Å². The SMILES string of the molecule is C=C1NSc2cccc(n2)NCCC[C@@H]2CN(c3nc(N4CCNC4=C)ccc31)C(C)(CC)C2. The number of anilines is 3. The first-order chi connectivity index (χ1) is 16.5. The predicted octanol–water partition coefficient (Wildman–Crippen LogP) is 4.83. The van der Waals surface area contributed by atoms with Crippen molar-refractivity contribution in [2.24, 2.45) is 5.92 Å². The molecule has 34 heavy (non-hydrogen) atoms. The lowest BCUT2D eigenvalue weighted by Crippen LogP contribution is -2.42. The average molecular weight is 478 g/mol. The van der Waals surface area contributed by atoms with E-state index in [4.69, 9.17) is 9.97 Å². The van der Waals surface area contributed by atoms with E-state index in [1.54, 1.807) is 0 Å². The predicted molar refractivity (Wildman–Crippen MR) is 143 cm³/mol. The zero-order valence-corrected chi connectivity index (χ0v) is 21.0.